The smallest absolute Gasteiger partial charge is 0.286 e. The molecule has 0 aromatic heterocycles. The van der Waals surface area contributed by atoms with E-state index in [1.54, 1.807) is 0 Å². The first-order chi connectivity index (χ1) is 8.87. The highest BCUT2D eigenvalue weighted by Crippen LogP contribution is 2.19. The number of hydrogen-bond acceptors (Lipinski definition) is 9. The fourth-order valence-electron chi connectivity index (χ4n) is 1.19. The molecule has 126 valence electrons. The molecule has 1 unspecified atom stereocenters. The van der Waals surface area contributed by atoms with E-state index in [0.29, 0.717) is 0 Å². The summed E-state index contributed by atoms with van der Waals surface area (Å²) in [6.07, 6.45) is 0. The molecule has 0 fully saturated rings. The predicted octanol–water partition coefficient (Wildman–Crippen LogP) is -3.20. The normalized spacial score (nSPS) is 15.9. The lowest BCUT2D eigenvalue weighted by molar-refractivity contribution is -0.116. The maximum absolute atomic E-state index is 11.3. The van der Waals surface area contributed by atoms with Crippen molar-refractivity contribution in [2.24, 2.45) is 0 Å². The fraction of sp³-hybridized carbons (Fsp3) is 0.750. The molecule has 17 heteroatoms. The fourth-order valence-corrected chi connectivity index (χ4v) is 6.37. The van der Waals surface area contributed by atoms with Crippen molar-refractivity contribution in [3.8, 4) is 0 Å². The first kappa shape index (κ1) is 20.3. The SMILES string of the molecule is O=C(CS(=O)(=O)O)C(C(S(=O)(=O)O)S(=O)(=O)O)S(=O)(=O)O. The Kier molecular flexibility index (Phi) is 5.64. The minimum Gasteiger partial charge on any atom is -0.297 e. The monoisotopic (exact) mass is 392 g/mol. The first-order valence-electron chi connectivity index (χ1n) is 4.24. The average Bonchev–Trinajstić information content (AvgIpc) is 2.03. The van der Waals surface area contributed by atoms with Crippen LogP contribution in [0.3, 0.4) is 0 Å². The quantitative estimate of drug-likeness (QED) is 0.313. The van der Waals surface area contributed by atoms with Gasteiger partial charge in [0.25, 0.3) is 40.5 Å². The van der Waals surface area contributed by atoms with Crippen LogP contribution in [-0.4, -0.2) is 73.3 Å². The Hall–Kier alpha value is -0.690. The Bertz CT molecular complexity index is 792. The van der Waals surface area contributed by atoms with E-state index in [0.717, 1.165) is 0 Å². The number of carbonyl (C=O) groups excluding carboxylic acids is 1. The Labute approximate surface area is 119 Å². The van der Waals surface area contributed by atoms with Crippen LogP contribution in [0.2, 0.25) is 0 Å². The number of Topliss-reactive ketones (excluding diaryl/α,β-unsaturated/α-hetero) is 1. The molecule has 0 amide bonds. The van der Waals surface area contributed by atoms with Crippen molar-refractivity contribution in [1.82, 2.24) is 0 Å². The molecule has 0 aliphatic carbocycles. The van der Waals surface area contributed by atoms with Gasteiger partial charge in [0.05, 0.1) is 0 Å². The summed E-state index contributed by atoms with van der Waals surface area (Å²) in [7, 11) is -23.1. The van der Waals surface area contributed by atoms with Gasteiger partial charge >= 0.3 is 0 Å². The summed E-state index contributed by atoms with van der Waals surface area (Å²) < 4.78 is 116. The van der Waals surface area contributed by atoms with Crippen LogP contribution < -0.4 is 0 Å². The van der Waals surface area contributed by atoms with E-state index in [2.05, 4.69) is 0 Å². The lowest BCUT2D eigenvalue weighted by Crippen LogP contribution is -2.50. The zero-order valence-corrected chi connectivity index (χ0v) is 12.7. The molecule has 0 aromatic carbocycles. The van der Waals surface area contributed by atoms with Crippen molar-refractivity contribution in [3.63, 3.8) is 0 Å². The molecule has 21 heavy (non-hydrogen) atoms. The van der Waals surface area contributed by atoms with Crippen LogP contribution in [0.5, 0.6) is 0 Å². The van der Waals surface area contributed by atoms with E-state index < -0.39 is 61.8 Å². The van der Waals surface area contributed by atoms with Crippen molar-refractivity contribution in [2.75, 3.05) is 5.75 Å². The standard InChI is InChI=1S/C4H8O13S4/c5-2(1-18(6,7)8)3(19(9,10)11)4(20(12,13)14)21(15,16)17/h3-4H,1H2,(H,6,7,8)(H,9,10,11)(H,12,13,14)(H,15,16,17). The maximum Gasteiger partial charge on any atom is 0.286 e. The highest BCUT2D eigenvalue weighted by Gasteiger charge is 2.53. The molecule has 0 saturated heterocycles. The summed E-state index contributed by atoms with van der Waals surface area (Å²) in [4.78, 5) is 11.3. The second-order valence-electron chi connectivity index (χ2n) is 3.53. The second kappa shape index (κ2) is 5.83. The Morgan fingerprint density at radius 3 is 1.24 bits per heavy atom. The van der Waals surface area contributed by atoms with Gasteiger partial charge in [0.2, 0.25) is 4.58 Å². The van der Waals surface area contributed by atoms with Gasteiger partial charge in [0, 0.05) is 0 Å². The summed E-state index contributed by atoms with van der Waals surface area (Å²) >= 11 is 0. The van der Waals surface area contributed by atoms with Crippen LogP contribution in [0, 0.1) is 0 Å². The molecule has 0 spiro atoms. The number of hydrogen-bond donors (Lipinski definition) is 4. The molecule has 0 saturated carbocycles. The van der Waals surface area contributed by atoms with Crippen molar-refractivity contribution >= 4 is 46.3 Å². The van der Waals surface area contributed by atoms with Gasteiger partial charge in [0.1, 0.15) is 5.75 Å². The van der Waals surface area contributed by atoms with E-state index in [1.165, 1.54) is 0 Å². The van der Waals surface area contributed by atoms with E-state index >= 15 is 0 Å². The van der Waals surface area contributed by atoms with Crippen LogP contribution >= 0.6 is 0 Å². The van der Waals surface area contributed by atoms with Crippen LogP contribution in [0.4, 0.5) is 0 Å². The highest BCUT2D eigenvalue weighted by atomic mass is 32.3. The second-order valence-corrected chi connectivity index (χ2v) is 9.89. The average molecular weight is 392 g/mol. The Morgan fingerprint density at radius 1 is 0.714 bits per heavy atom. The van der Waals surface area contributed by atoms with E-state index in [9.17, 15) is 38.5 Å². The van der Waals surface area contributed by atoms with Crippen LogP contribution in [0.1, 0.15) is 0 Å². The molecule has 13 nitrogen and oxygen atoms in total. The topological polar surface area (TPSA) is 235 Å². The third kappa shape index (κ3) is 6.30. The third-order valence-corrected chi connectivity index (χ3v) is 7.15. The van der Waals surface area contributed by atoms with Gasteiger partial charge in [-0.15, -0.1) is 0 Å². The van der Waals surface area contributed by atoms with Gasteiger partial charge in [-0.1, -0.05) is 0 Å². The summed E-state index contributed by atoms with van der Waals surface area (Å²) in [5.41, 5.74) is 0. The lowest BCUT2D eigenvalue weighted by atomic mass is 10.3. The summed E-state index contributed by atoms with van der Waals surface area (Å²) in [5, 5.41) is -3.59. The molecule has 0 bridgehead atoms. The molecule has 0 aliphatic heterocycles. The molecule has 0 heterocycles. The minimum absolute atomic E-state index is 2.10. The van der Waals surface area contributed by atoms with Gasteiger partial charge in [0.15, 0.2) is 11.0 Å². The molecule has 4 N–H and O–H groups in total. The zero-order valence-electron chi connectivity index (χ0n) is 9.46. The molecule has 0 aliphatic rings. The van der Waals surface area contributed by atoms with Crippen molar-refractivity contribution < 1.29 is 56.7 Å². The van der Waals surface area contributed by atoms with E-state index in [4.69, 9.17) is 18.2 Å². The number of rotatable bonds is 7. The third-order valence-electron chi connectivity index (χ3n) is 1.80. The van der Waals surface area contributed by atoms with Crippen molar-refractivity contribution in [3.05, 3.63) is 0 Å². The van der Waals surface area contributed by atoms with Crippen molar-refractivity contribution in [1.29, 1.82) is 0 Å². The van der Waals surface area contributed by atoms with Crippen LogP contribution in [0.15, 0.2) is 0 Å². The van der Waals surface area contributed by atoms with Gasteiger partial charge < -0.3 is 0 Å². The van der Waals surface area contributed by atoms with Crippen molar-refractivity contribution in [2.45, 2.75) is 9.83 Å². The predicted molar refractivity (Wildman–Crippen MR) is 63.6 cm³/mol. The highest BCUT2D eigenvalue weighted by molar-refractivity contribution is 8.05. The Morgan fingerprint density at radius 2 is 1.05 bits per heavy atom. The van der Waals surface area contributed by atoms with Gasteiger partial charge in [-0.05, 0) is 0 Å². The van der Waals surface area contributed by atoms with E-state index in [1.807, 2.05) is 0 Å². The lowest BCUT2D eigenvalue weighted by Gasteiger charge is -2.18. The van der Waals surface area contributed by atoms with Crippen LogP contribution in [-0.2, 0) is 45.3 Å². The number of ketones is 1. The summed E-state index contributed by atoms with van der Waals surface area (Å²) in [5.74, 6) is -4.42. The first-order valence-corrected chi connectivity index (χ1v) is 10.4. The largest absolute Gasteiger partial charge is 0.297 e. The molecule has 0 radical (unpaired) electrons. The summed E-state index contributed by atoms with van der Waals surface area (Å²) in [6, 6.07) is 0. The molecule has 0 aromatic rings. The van der Waals surface area contributed by atoms with E-state index in [-0.39, 0.29) is 0 Å². The zero-order chi connectivity index (χ0) is 17.4. The van der Waals surface area contributed by atoms with Crippen LogP contribution in [0.25, 0.3) is 0 Å². The van der Waals surface area contributed by atoms with Gasteiger partial charge in [-0.25, -0.2) is 0 Å². The molecule has 1 atom stereocenters. The summed E-state index contributed by atoms with van der Waals surface area (Å²) in [6.45, 7) is 0. The maximum atomic E-state index is 11.3. The molecular weight excluding hydrogens is 384 g/mol. The number of carbonyl (C=O) groups is 1. The Balaban J connectivity index is 6.38. The van der Waals surface area contributed by atoms with Gasteiger partial charge in [-0.3, -0.25) is 23.0 Å². The molecule has 0 rings (SSSR count). The molecular formula is C4H8O13S4. The van der Waals surface area contributed by atoms with Gasteiger partial charge in [-0.2, -0.15) is 33.7 Å². The minimum atomic E-state index is -5.98.